The van der Waals surface area contributed by atoms with E-state index in [1.165, 1.54) is 0 Å². The lowest BCUT2D eigenvalue weighted by molar-refractivity contribution is 0.322. The summed E-state index contributed by atoms with van der Waals surface area (Å²) in [6, 6.07) is 0. The number of hydrogen-bond donors (Lipinski definition) is 0. The fourth-order valence-corrected chi connectivity index (χ4v) is 0.566. The van der Waals surface area contributed by atoms with Crippen LogP contribution in [-0.4, -0.2) is 19.0 Å². The largest absolute Gasteiger partial charge is 0.481 e. The normalized spacial score (nSPS) is 12.3. The molecule has 0 unspecified atom stereocenters. The Labute approximate surface area is 63.3 Å². The van der Waals surface area contributed by atoms with E-state index in [1.54, 1.807) is 0 Å². The van der Waals surface area contributed by atoms with E-state index in [4.69, 9.17) is 4.74 Å². The van der Waals surface area contributed by atoms with Crippen molar-refractivity contribution in [3.63, 3.8) is 0 Å². The van der Waals surface area contributed by atoms with Crippen molar-refractivity contribution in [1.82, 2.24) is 0 Å². The highest BCUT2D eigenvalue weighted by atomic mass is 16.5. The number of aliphatic imine (C=N–C) groups is 1. The first-order chi connectivity index (χ1) is 4.66. The van der Waals surface area contributed by atoms with Crippen LogP contribution in [0.2, 0.25) is 0 Å². The van der Waals surface area contributed by atoms with Gasteiger partial charge in [-0.15, -0.1) is 0 Å². The molecular weight excluding hydrogens is 126 g/mol. The molecule has 0 rings (SSSR count). The molecule has 0 radical (unpaired) electrons. The van der Waals surface area contributed by atoms with Gasteiger partial charge < -0.3 is 4.74 Å². The lowest BCUT2D eigenvalue weighted by Crippen LogP contribution is -2.02. The fraction of sp³-hybridized carbons (Fsp3) is 0.875. The summed E-state index contributed by atoms with van der Waals surface area (Å²) in [5.74, 6) is 1.42. The molecule has 0 saturated carbocycles. The smallest absolute Gasteiger partial charge is 0.179 e. The number of rotatable bonds is 3. The van der Waals surface area contributed by atoms with E-state index in [2.05, 4.69) is 18.8 Å². The Bertz CT molecular complexity index is 108. The molecule has 2 nitrogen and oxygen atoms in total. The zero-order valence-electron chi connectivity index (χ0n) is 7.35. The van der Waals surface area contributed by atoms with E-state index < -0.39 is 0 Å². The highest BCUT2D eigenvalue weighted by molar-refractivity contribution is 5.72. The van der Waals surface area contributed by atoms with Crippen molar-refractivity contribution in [3.8, 4) is 0 Å². The van der Waals surface area contributed by atoms with Crippen molar-refractivity contribution >= 4 is 5.90 Å². The van der Waals surface area contributed by atoms with Gasteiger partial charge in [-0.2, -0.15) is 0 Å². The van der Waals surface area contributed by atoms with Crippen LogP contribution in [0.15, 0.2) is 4.99 Å². The van der Waals surface area contributed by atoms with Gasteiger partial charge in [0.2, 0.25) is 0 Å². The molecule has 2 heteroatoms. The van der Waals surface area contributed by atoms with Gasteiger partial charge in [-0.1, -0.05) is 13.8 Å². The second kappa shape index (κ2) is 5.27. The van der Waals surface area contributed by atoms with Gasteiger partial charge in [0.1, 0.15) is 0 Å². The quantitative estimate of drug-likeness (QED) is 0.438. The number of ether oxygens (including phenoxy) is 1. The summed E-state index contributed by atoms with van der Waals surface area (Å²) >= 11 is 0. The van der Waals surface area contributed by atoms with Crippen LogP contribution in [0.25, 0.3) is 0 Å². The van der Waals surface area contributed by atoms with Gasteiger partial charge in [-0.05, 0) is 12.8 Å². The summed E-state index contributed by atoms with van der Waals surface area (Å²) in [5, 5.41) is 0. The molecular formula is C8H17NO. The summed E-state index contributed by atoms with van der Waals surface area (Å²) < 4.78 is 5.14. The first-order valence-electron chi connectivity index (χ1n) is 3.80. The standard InChI is InChI=1S/C8H17NO/c1-5-10-8(4)9-6-7(2)3/h7H,5-6H2,1-4H3. The SMILES string of the molecule is CCOC(C)=NCC(C)C. The van der Waals surface area contributed by atoms with E-state index in [-0.39, 0.29) is 0 Å². The highest BCUT2D eigenvalue weighted by Gasteiger charge is 1.91. The molecule has 0 aromatic rings. The van der Waals surface area contributed by atoms with Crippen LogP contribution in [-0.2, 0) is 4.74 Å². The highest BCUT2D eigenvalue weighted by Crippen LogP contribution is 1.92. The summed E-state index contributed by atoms with van der Waals surface area (Å²) in [6.45, 7) is 9.73. The predicted octanol–water partition coefficient (Wildman–Crippen LogP) is 2.10. The fourth-order valence-electron chi connectivity index (χ4n) is 0.566. The van der Waals surface area contributed by atoms with E-state index in [0.29, 0.717) is 12.5 Å². The first-order valence-corrected chi connectivity index (χ1v) is 3.80. The van der Waals surface area contributed by atoms with Crippen LogP contribution in [0.4, 0.5) is 0 Å². The minimum atomic E-state index is 0.621. The molecule has 0 bridgehead atoms. The summed E-state index contributed by atoms with van der Waals surface area (Å²) in [5.41, 5.74) is 0. The summed E-state index contributed by atoms with van der Waals surface area (Å²) in [7, 11) is 0. The van der Waals surface area contributed by atoms with Crippen molar-refractivity contribution < 1.29 is 4.74 Å². The molecule has 0 amide bonds. The van der Waals surface area contributed by atoms with Crippen LogP contribution in [0.3, 0.4) is 0 Å². The molecule has 0 aliphatic carbocycles. The number of hydrogen-bond acceptors (Lipinski definition) is 2. The maximum atomic E-state index is 5.14. The van der Waals surface area contributed by atoms with E-state index in [1.807, 2.05) is 13.8 Å². The first kappa shape index (κ1) is 9.47. The second-order valence-electron chi connectivity index (χ2n) is 2.69. The Morgan fingerprint density at radius 2 is 2.10 bits per heavy atom. The minimum Gasteiger partial charge on any atom is -0.481 e. The third-order valence-corrected chi connectivity index (χ3v) is 1.03. The van der Waals surface area contributed by atoms with Gasteiger partial charge in [0, 0.05) is 13.5 Å². The van der Waals surface area contributed by atoms with E-state index in [9.17, 15) is 0 Å². The molecule has 60 valence electrons. The molecule has 10 heavy (non-hydrogen) atoms. The van der Waals surface area contributed by atoms with Crippen LogP contribution >= 0.6 is 0 Å². The zero-order valence-corrected chi connectivity index (χ0v) is 7.35. The Morgan fingerprint density at radius 3 is 2.50 bits per heavy atom. The zero-order chi connectivity index (χ0) is 7.98. The average Bonchev–Trinajstić information content (AvgIpc) is 1.85. The lowest BCUT2D eigenvalue weighted by Gasteiger charge is -2.02. The summed E-state index contributed by atoms with van der Waals surface area (Å²) in [4.78, 5) is 4.21. The van der Waals surface area contributed by atoms with Crippen molar-refractivity contribution in [2.24, 2.45) is 10.9 Å². The van der Waals surface area contributed by atoms with Gasteiger partial charge >= 0.3 is 0 Å². The monoisotopic (exact) mass is 143 g/mol. The van der Waals surface area contributed by atoms with Crippen LogP contribution in [0, 0.1) is 5.92 Å². The molecule has 0 aliphatic heterocycles. The van der Waals surface area contributed by atoms with Crippen molar-refractivity contribution in [3.05, 3.63) is 0 Å². The van der Waals surface area contributed by atoms with Gasteiger partial charge in [0.15, 0.2) is 5.90 Å². The van der Waals surface area contributed by atoms with Gasteiger partial charge in [-0.3, -0.25) is 4.99 Å². The van der Waals surface area contributed by atoms with E-state index >= 15 is 0 Å². The van der Waals surface area contributed by atoms with Crippen LogP contribution in [0.5, 0.6) is 0 Å². The third kappa shape index (κ3) is 5.60. The van der Waals surface area contributed by atoms with Gasteiger partial charge in [0.25, 0.3) is 0 Å². The Morgan fingerprint density at radius 1 is 1.50 bits per heavy atom. The number of nitrogens with zero attached hydrogens (tertiary/aromatic N) is 1. The molecule has 0 aliphatic rings. The van der Waals surface area contributed by atoms with Crippen molar-refractivity contribution in [2.75, 3.05) is 13.2 Å². The Hall–Kier alpha value is -0.530. The molecule has 0 aromatic carbocycles. The van der Waals surface area contributed by atoms with Crippen LogP contribution in [0.1, 0.15) is 27.7 Å². The Balaban J connectivity index is 3.47. The topological polar surface area (TPSA) is 21.6 Å². The second-order valence-corrected chi connectivity index (χ2v) is 2.69. The molecule has 0 atom stereocenters. The van der Waals surface area contributed by atoms with Gasteiger partial charge in [0.05, 0.1) is 6.61 Å². The molecule has 0 heterocycles. The molecule has 0 N–H and O–H groups in total. The summed E-state index contributed by atoms with van der Waals surface area (Å²) in [6.07, 6.45) is 0. The maximum absolute atomic E-state index is 5.14. The molecule has 0 spiro atoms. The predicted molar refractivity (Wildman–Crippen MR) is 44.4 cm³/mol. The maximum Gasteiger partial charge on any atom is 0.179 e. The average molecular weight is 143 g/mol. The van der Waals surface area contributed by atoms with E-state index in [0.717, 1.165) is 12.4 Å². The minimum absolute atomic E-state index is 0.621. The molecule has 0 saturated heterocycles. The van der Waals surface area contributed by atoms with Gasteiger partial charge in [-0.25, -0.2) is 0 Å². The third-order valence-electron chi connectivity index (χ3n) is 1.03. The molecule has 0 fully saturated rings. The Kier molecular flexibility index (Phi) is 4.99. The van der Waals surface area contributed by atoms with Crippen molar-refractivity contribution in [1.29, 1.82) is 0 Å². The molecule has 0 aromatic heterocycles. The lowest BCUT2D eigenvalue weighted by atomic mass is 10.2. The van der Waals surface area contributed by atoms with Crippen LogP contribution < -0.4 is 0 Å². The van der Waals surface area contributed by atoms with Crippen molar-refractivity contribution in [2.45, 2.75) is 27.7 Å².